The van der Waals surface area contributed by atoms with Crippen molar-refractivity contribution in [1.29, 1.82) is 0 Å². The molecule has 0 bridgehead atoms. The summed E-state index contributed by atoms with van der Waals surface area (Å²) in [5, 5.41) is 14.3. The summed E-state index contributed by atoms with van der Waals surface area (Å²) in [5.74, 6) is -2.85. The van der Waals surface area contributed by atoms with Crippen molar-refractivity contribution in [2.75, 3.05) is 11.9 Å². The molecule has 1 aliphatic rings. The molecule has 3 N–H and O–H groups in total. The number of amides is 2. The van der Waals surface area contributed by atoms with Crippen molar-refractivity contribution >= 4 is 23.7 Å². The Kier molecular flexibility index (Phi) is 6.55. The highest BCUT2D eigenvalue weighted by atomic mass is 19.1. The quantitative estimate of drug-likeness (QED) is 0.436. The Labute approximate surface area is 201 Å². The molecule has 4 rings (SSSR count). The second-order valence-electron chi connectivity index (χ2n) is 8.59. The molecule has 7 nitrogen and oxygen atoms in total. The van der Waals surface area contributed by atoms with Gasteiger partial charge >= 0.3 is 12.1 Å². The van der Waals surface area contributed by atoms with Gasteiger partial charge in [-0.25, -0.2) is 14.0 Å². The van der Waals surface area contributed by atoms with E-state index in [9.17, 15) is 23.9 Å². The number of hydrogen-bond acceptors (Lipinski definition) is 4. The lowest BCUT2D eigenvalue weighted by Gasteiger charge is -2.28. The van der Waals surface area contributed by atoms with Crippen LogP contribution in [-0.2, 0) is 9.53 Å². The Bertz CT molecular complexity index is 1260. The molecule has 0 aromatic heterocycles. The number of fused-ring (bicyclic) bond motifs is 3. The molecule has 8 heteroatoms. The van der Waals surface area contributed by atoms with Crippen molar-refractivity contribution < 1.29 is 28.6 Å². The molecule has 35 heavy (non-hydrogen) atoms. The molecule has 0 saturated carbocycles. The minimum absolute atomic E-state index is 0.0777. The molecule has 0 fully saturated rings. The van der Waals surface area contributed by atoms with E-state index in [2.05, 4.69) is 10.6 Å². The van der Waals surface area contributed by atoms with Crippen LogP contribution in [0.15, 0.2) is 66.7 Å². The van der Waals surface area contributed by atoms with Gasteiger partial charge in [-0.15, -0.1) is 0 Å². The van der Waals surface area contributed by atoms with E-state index in [-0.39, 0.29) is 30.2 Å². The highest BCUT2D eigenvalue weighted by Gasteiger charge is 2.35. The number of aromatic carboxylic acids is 1. The fraction of sp³-hybridized carbons (Fsp3) is 0.222. The Morgan fingerprint density at radius 3 is 2.17 bits per heavy atom. The van der Waals surface area contributed by atoms with Gasteiger partial charge < -0.3 is 20.5 Å². The zero-order valence-electron chi connectivity index (χ0n) is 19.3. The number of carbonyl (C=O) groups is 3. The van der Waals surface area contributed by atoms with E-state index < -0.39 is 29.3 Å². The van der Waals surface area contributed by atoms with Crippen LogP contribution >= 0.6 is 0 Å². The zero-order valence-corrected chi connectivity index (χ0v) is 19.3. The van der Waals surface area contributed by atoms with E-state index in [1.54, 1.807) is 6.92 Å². The van der Waals surface area contributed by atoms with Crippen LogP contribution in [0.2, 0.25) is 0 Å². The SMILES string of the molecule is CCC(C)(NC(=O)OCC1c2ccccc2-c2ccccc21)C(=O)Nc1cc(F)ccc1C(=O)O. The summed E-state index contributed by atoms with van der Waals surface area (Å²) in [6, 6.07) is 18.9. The Hall–Kier alpha value is -4.20. The highest BCUT2D eigenvalue weighted by molar-refractivity contribution is 6.04. The third kappa shape index (κ3) is 4.73. The van der Waals surface area contributed by atoms with Crippen LogP contribution in [0.4, 0.5) is 14.9 Å². The number of nitrogens with one attached hydrogen (secondary N) is 2. The number of carboxylic acids is 1. The van der Waals surface area contributed by atoms with Gasteiger partial charge in [-0.2, -0.15) is 0 Å². The third-order valence-electron chi connectivity index (χ3n) is 6.39. The minimum Gasteiger partial charge on any atom is -0.478 e. The predicted octanol–water partition coefficient (Wildman–Crippen LogP) is 5.17. The van der Waals surface area contributed by atoms with E-state index in [0.717, 1.165) is 40.5 Å². The van der Waals surface area contributed by atoms with Crippen LogP contribution in [0.1, 0.15) is 47.7 Å². The van der Waals surface area contributed by atoms with E-state index in [1.807, 2.05) is 48.5 Å². The van der Waals surface area contributed by atoms with Crippen molar-refractivity contribution in [1.82, 2.24) is 5.32 Å². The minimum atomic E-state index is -1.43. The molecular weight excluding hydrogens is 451 g/mol. The Morgan fingerprint density at radius 2 is 1.60 bits per heavy atom. The average Bonchev–Trinajstić information content (AvgIpc) is 3.16. The fourth-order valence-electron chi connectivity index (χ4n) is 4.23. The number of anilines is 1. The predicted molar refractivity (Wildman–Crippen MR) is 129 cm³/mol. The first kappa shape index (κ1) is 23.9. The van der Waals surface area contributed by atoms with Crippen molar-refractivity contribution in [3.63, 3.8) is 0 Å². The summed E-state index contributed by atoms with van der Waals surface area (Å²) in [7, 11) is 0. The molecule has 1 aliphatic carbocycles. The normalized spacial score (nSPS) is 13.8. The maximum Gasteiger partial charge on any atom is 0.408 e. The number of ether oxygens (including phenoxy) is 1. The van der Waals surface area contributed by atoms with Crippen LogP contribution in [0.3, 0.4) is 0 Å². The van der Waals surface area contributed by atoms with Crippen LogP contribution in [0.5, 0.6) is 0 Å². The number of hydrogen-bond donors (Lipinski definition) is 3. The first-order valence-electron chi connectivity index (χ1n) is 11.2. The van der Waals surface area contributed by atoms with Gasteiger partial charge in [-0.3, -0.25) is 4.79 Å². The van der Waals surface area contributed by atoms with E-state index in [4.69, 9.17) is 4.74 Å². The van der Waals surface area contributed by atoms with Gasteiger partial charge in [0.1, 0.15) is 18.0 Å². The molecule has 0 aliphatic heterocycles. The second-order valence-corrected chi connectivity index (χ2v) is 8.59. The number of carbonyl (C=O) groups excluding carboxylic acids is 2. The molecular formula is C27H25FN2O5. The van der Waals surface area contributed by atoms with Gasteiger partial charge in [0.25, 0.3) is 0 Å². The highest BCUT2D eigenvalue weighted by Crippen LogP contribution is 2.44. The largest absolute Gasteiger partial charge is 0.478 e. The van der Waals surface area contributed by atoms with Crippen LogP contribution in [0.25, 0.3) is 11.1 Å². The lowest BCUT2D eigenvalue weighted by atomic mass is 9.97. The number of alkyl carbamates (subject to hydrolysis) is 1. The van der Waals surface area contributed by atoms with Gasteiger partial charge in [-0.1, -0.05) is 55.5 Å². The number of carboxylic acid groups (broad SMARTS) is 1. The van der Waals surface area contributed by atoms with Crippen molar-refractivity contribution in [2.24, 2.45) is 0 Å². The van der Waals surface area contributed by atoms with Gasteiger partial charge in [0, 0.05) is 5.92 Å². The smallest absolute Gasteiger partial charge is 0.408 e. The van der Waals surface area contributed by atoms with Crippen LogP contribution < -0.4 is 10.6 Å². The van der Waals surface area contributed by atoms with E-state index >= 15 is 0 Å². The molecule has 3 aromatic rings. The van der Waals surface area contributed by atoms with Crippen molar-refractivity contribution in [2.45, 2.75) is 31.7 Å². The maximum absolute atomic E-state index is 13.7. The molecule has 0 saturated heterocycles. The summed E-state index contributed by atoms with van der Waals surface area (Å²) in [6.45, 7) is 3.25. The maximum atomic E-state index is 13.7. The molecule has 1 atom stereocenters. The van der Waals surface area contributed by atoms with Crippen LogP contribution in [-0.4, -0.2) is 35.2 Å². The summed E-state index contributed by atoms with van der Waals surface area (Å²) < 4.78 is 19.2. The average molecular weight is 477 g/mol. The number of halogens is 1. The summed E-state index contributed by atoms with van der Waals surface area (Å²) in [4.78, 5) is 37.1. The van der Waals surface area contributed by atoms with Crippen molar-refractivity contribution in [3.8, 4) is 11.1 Å². The second kappa shape index (κ2) is 9.58. The molecule has 0 radical (unpaired) electrons. The topological polar surface area (TPSA) is 105 Å². The van der Waals surface area contributed by atoms with Crippen molar-refractivity contribution in [3.05, 3.63) is 89.2 Å². The van der Waals surface area contributed by atoms with Gasteiger partial charge in [-0.05, 0) is 53.8 Å². The number of benzene rings is 3. The molecule has 1 unspecified atom stereocenters. The van der Waals surface area contributed by atoms with Crippen LogP contribution in [0, 0.1) is 5.82 Å². The lowest BCUT2D eigenvalue weighted by molar-refractivity contribution is -0.121. The van der Waals surface area contributed by atoms with Gasteiger partial charge in [0.15, 0.2) is 0 Å². The van der Waals surface area contributed by atoms with E-state index in [0.29, 0.717) is 0 Å². The lowest BCUT2D eigenvalue weighted by Crippen LogP contribution is -2.54. The summed E-state index contributed by atoms with van der Waals surface area (Å²) in [5.41, 5.74) is 2.42. The fourth-order valence-corrected chi connectivity index (χ4v) is 4.23. The van der Waals surface area contributed by atoms with Gasteiger partial charge in [0.2, 0.25) is 5.91 Å². The Balaban J connectivity index is 1.46. The van der Waals surface area contributed by atoms with E-state index in [1.165, 1.54) is 6.92 Å². The number of rotatable bonds is 7. The van der Waals surface area contributed by atoms with Gasteiger partial charge in [0.05, 0.1) is 11.3 Å². The Morgan fingerprint density at radius 1 is 1.00 bits per heavy atom. The monoisotopic (exact) mass is 476 g/mol. The molecule has 3 aromatic carbocycles. The summed E-state index contributed by atoms with van der Waals surface area (Å²) in [6.07, 6.45) is -0.607. The molecule has 180 valence electrons. The first-order chi connectivity index (χ1) is 16.7. The zero-order chi connectivity index (χ0) is 25.2. The molecule has 2 amide bonds. The molecule has 0 spiro atoms. The standard InChI is InChI=1S/C27H25FN2O5/c1-3-27(2,25(33)29-23-14-16(28)12-13-21(23)24(31)32)30-26(34)35-15-22-19-10-6-4-8-17(19)18-9-5-7-11-20(18)22/h4-14,22H,3,15H2,1-2H3,(H,29,33)(H,30,34)(H,31,32). The first-order valence-corrected chi connectivity index (χ1v) is 11.2. The molecule has 0 heterocycles. The third-order valence-corrected chi connectivity index (χ3v) is 6.39. The summed E-state index contributed by atoms with van der Waals surface area (Å²) >= 11 is 0.